The summed E-state index contributed by atoms with van der Waals surface area (Å²) in [5.74, 6) is 2.98. The largest absolute Gasteiger partial charge is 0.464 e. The van der Waals surface area contributed by atoms with Crippen molar-refractivity contribution >= 4 is 27.7 Å². The van der Waals surface area contributed by atoms with Crippen molar-refractivity contribution in [2.45, 2.75) is 18.8 Å². The molecular formula is C14H16BrNOS. The smallest absolute Gasteiger partial charge is 0.118 e. The number of nitrogens with one attached hydrogen (secondary N) is 1. The second-order valence-corrected chi connectivity index (χ2v) is 5.81. The molecule has 2 aromatic rings. The summed E-state index contributed by atoms with van der Waals surface area (Å²) in [6.45, 7) is 1.62. The first kappa shape index (κ1) is 13.7. The van der Waals surface area contributed by atoms with Gasteiger partial charge in [0, 0.05) is 11.0 Å². The summed E-state index contributed by atoms with van der Waals surface area (Å²) in [5, 5.41) is 3.38. The van der Waals surface area contributed by atoms with Gasteiger partial charge in [-0.25, -0.2) is 0 Å². The molecule has 1 aromatic carbocycles. The first-order valence-corrected chi connectivity index (χ1v) is 7.98. The Morgan fingerprint density at radius 2 is 1.78 bits per heavy atom. The zero-order chi connectivity index (χ0) is 12.8. The van der Waals surface area contributed by atoms with Crippen molar-refractivity contribution < 1.29 is 4.42 Å². The molecular weight excluding hydrogens is 310 g/mol. The van der Waals surface area contributed by atoms with Crippen LogP contribution >= 0.6 is 27.7 Å². The van der Waals surface area contributed by atoms with Gasteiger partial charge in [-0.15, -0.1) is 0 Å². The van der Waals surface area contributed by atoms with E-state index in [1.54, 1.807) is 11.8 Å². The van der Waals surface area contributed by atoms with Crippen LogP contribution in [0, 0.1) is 0 Å². The fourth-order valence-corrected chi connectivity index (χ4v) is 2.37. The lowest BCUT2D eigenvalue weighted by atomic mass is 10.2. The standard InChI is InChI=1S/C14H16BrNOS/c1-18-10-14-7-6-13(17-14)9-16-8-11-2-4-12(15)5-3-11/h2-7,16H,8-10H2,1H3. The molecule has 0 aliphatic heterocycles. The number of hydrogen-bond donors (Lipinski definition) is 1. The lowest BCUT2D eigenvalue weighted by Gasteiger charge is -2.03. The fourth-order valence-electron chi connectivity index (χ4n) is 1.67. The zero-order valence-corrected chi connectivity index (χ0v) is 12.7. The van der Waals surface area contributed by atoms with Gasteiger partial charge in [0.25, 0.3) is 0 Å². The second kappa shape index (κ2) is 7.02. The van der Waals surface area contributed by atoms with Crippen molar-refractivity contribution in [3.8, 4) is 0 Å². The van der Waals surface area contributed by atoms with Crippen molar-refractivity contribution in [2.75, 3.05) is 6.26 Å². The molecule has 0 amide bonds. The van der Waals surface area contributed by atoms with E-state index in [0.717, 1.165) is 34.8 Å². The molecule has 0 saturated heterocycles. The van der Waals surface area contributed by atoms with Gasteiger partial charge in [0.1, 0.15) is 11.5 Å². The molecule has 0 saturated carbocycles. The topological polar surface area (TPSA) is 25.2 Å². The normalized spacial score (nSPS) is 10.8. The minimum Gasteiger partial charge on any atom is -0.464 e. The Morgan fingerprint density at radius 1 is 1.06 bits per heavy atom. The molecule has 4 heteroatoms. The van der Waals surface area contributed by atoms with Gasteiger partial charge < -0.3 is 9.73 Å². The molecule has 2 nitrogen and oxygen atoms in total. The third-order valence-corrected chi connectivity index (χ3v) is 3.65. The molecule has 1 N–H and O–H groups in total. The number of hydrogen-bond acceptors (Lipinski definition) is 3. The van der Waals surface area contributed by atoms with E-state index in [1.807, 2.05) is 12.1 Å². The molecule has 0 bridgehead atoms. The molecule has 2 rings (SSSR count). The molecule has 96 valence electrons. The minimum atomic E-state index is 0.768. The molecule has 0 unspecified atom stereocenters. The summed E-state index contributed by atoms with van der Waals surface area (Å²) >= 11 is 5.20. The molecule has 0 aliphatic carbocycles. The first-order valence-electron chi connectivity index (χ1n) is 5.79. The van der Waals surface area contributed by atoms with Gasteiger partial charge in [-0.1, -0.05) is 28.1 Å². The molecule has 0 radical (unpaired) electrons. The van der Waals surface area contributed by atoms with Gasteiger partial charge in [-0.2, -0.15) is 11.8 Å². The average Bonchev–Trinajstić information content (AvgIpc) is 2.80. The summed E-state index contributed by atoms with van der Waals surface area (Å²) < 4.78 is 6.80. The van der Waals surface area contributed by atoms with Crippen molar-refractivity contribution in [3.63, 3.8) is 0 Å². The minimum absolute atomic E-state index is 0.768. The maximum atomic E-state index is 5.69. The van der Waals surface area contributed by atoms with Crippen LogP contribution in [0.15, 0.2) is 45.3 Å². The molecule has 0 atom stereocenters. The van der Waals surface area contributed by atoms with Crippen LogP contribution in [0.2, 0.25) is 0 Å². The maximum Gasteiger partial charge on any atom is 0.118 e. The van der Waals surface area contributed by atoms with Gasteiger partial charge in [0.15, 0.2) is 0 Å². The summed E-state index contributed by atoms with van der Waals surface area (Å²) in [6, 6.07) is 12.4. The maximum absolute atomic E-state index is 5.69. The Labute approximate surface area is 120 Å². The molecule has 0 fully saturated rings. The quantitative estimate of drug-likeness (QED) is 0.861. The number of halogens is 1. The van der Waals surface area contributed by atoms with Crippen LogP contribution in [0.4, 0.5) is 0 Å². The lowest BCUT2D eigenvalue weighted by molar-refractivity contribution is 0.459. The molecule has 0 aliphatic rings. The van der Waals surface area contributed by atoms with Gasteiger partial charge in [0.05, 0.1) is 12.3 Å². The van der Waals surface area contributed by atoms with Crippen LogP contribution in [0.1, 0.15) is 17.1 Å². The lowest BCUT2D eigenvalue weighted by Crippen LogP contribution is -2.11. The van der Waals surface area contributed by atoms with Crippen molar-refractivity contribution in [1.29, 1.82) is 0 Å². The van der Waals surface area contributed by atoms with E-state index in [9.17, 15) is 0 Å². The molecule has 18 heavy (non-hydrogen) atoms. The van der Waals surface area contributed by atoms with Crippen LogP contribution in [0.5, 0.6) is 0 Å². The zero-order valence-electron chi connectivity index (χ0n) is 10.3. The Balaban J connectivity index is 1.79. The summed E-state index contributed by atoms with van der Waals surface area (Å²) in [7, 11) is 0. The fraction of sp³-hybridized carbons (Fsp3) is 0.286. The highest BCUT2D eigenvalue weighted by atomic mass is 79.9. The van der Waals surface area contributed by atoms with Gasteiger partial charge in [0.2, 0.25) is 0 Å². The first-order chi connectivity index (χ1) is 8.78. The van der Waals surface area contributed by atoms with Crippen molar-refractivity contribution in [2.24, 2.45) is 0 Å². The number of rotatable bonds is 6. The number of furan rings is 1. The summed E-state index contributed by atoms with van der Waals surface area (Å²) in [5.41, 5.74) is 1.27. The van der Waals surface area contributed by atoms with E-state index in [2.05, 4.69) is 51.8 Å². The monoisotopic (exact) mass is 325 g/mol. The van der Waals surface area contributed by atoms with E-state index in [0.29, 0.717) is 0 Å². The Morgan fingerprint density at radius 3 is 2.50 bits per heavy atom. The highest BCUT2D eigenvalue weighted by Gasteiger charge is 2.01. The highest BCUT2D eigenvalue weighted by molar-refractivity contribution is 9.10. The van der Waals surface area contributed by atoms with Crippen molar-refractivity contribution in [3.05, 3.63) is 58.0 Å². The predicted molar refractivity (Wildman–Crippen MR) is 80.6 cm³/mol. The highest BCUT2D eigenvalue weighted by Crippen LogP contribution is 2.14. The van der Waals surface area contributed by atoms with E-state index in [1.165, 1.54) is 5.56 Å². The average molecular weight is 326 g/mol. The molecule has 1 aromatic heterocycles. The Hall–Kier alpha value is -0.710. The predicted octanol–water partition coefficient (Wildman–Crippen LogP) is 4.19. The van der Waals surface area contributed by atoms with Crippen LogP contribution in [-0.4, -0.2) is 6.26 Å². The Bertz CT molecular complexity index is 481. The van der Waals surface area contributed by atoms with Gasteiger partial charge >= 0.3 is 0 Å². The van der Waals surface area contributed by atoms with Crippen LogP contribution < -0.4 is 5.32 Å². The third-order valence-electron chi connectivity index (χ3n) is 2.55. The number of thioether (sulfide) groups is 1. The van der Waals surface area contributed by atoms with Crippen LogP contribution in [0.25, 0.3) is 0 Å². The Kier molecular flexibility index (Phi) is 5.35. The molecule has 1 heterocycles. The molecule has 0 spiro atoms. The van der Waals surface area contributed by atoms with E-state index < -0.39 is 0 Å². The van der Waals surface area contributed by atoms with Crippen LogP contribution in [0.3, 0.4) is 0 Å². The van der Waals surface area contributed by atoms with Gasteiger partial charge in [-0.3, -0.25) is 0 Å². The third kappa shape index (κ3) is 4.19. The number of benzene rings is 1. The van der Waals surface area contributed by atoms with Gasteiger partial charge in [-0.05, 0) is 36.1 Å². The second-order valence-electron chi connectivity index (χ2n) is 4.03. The van der Waals surface area contributed by atoms with E-state index >= 15 is 0 Å². The van der Waals surface area contributed by atoms with E-state index in [-0.39, 0.29) is 0 Å². The SMILES string of the molecule is CSCc1ccc(CNCc2ccc(Br)cc2)o1. The summed E-state index contributed by atoms with van der Waals surface area (Å²) in [6.07, 6.45) is 2.08. The van der Waals surface area contributed by atoms with E-state index in [4.69, 9.17) is 4.42 Å². The van der Waals surface area contributed by atoms with Crippen molar-refractivity contribution in [1.82, 2.24) is 5.32 Å². The van der Waals surface area contributed by atoms with Crippen LogP contribution in [-0.2, 0) is 18.8 Å². The summed E-state index contributed by atoms with van der Waals surface area (Å²) in [4.78, 5) is 0.